The molecule has 22 rings (SSSR count). The molecule has 728 valence electrons. The van der Waals surface area contributed by atoms with E-state index in [1.165, 1.54) is 0 Å². The van der Waals surface area contributed by atoms with Crippen LogP contribution in [0.1, 0.15) is 120 Å². The second-order valence-corrected chi connectivity index (χ2v) is 34.2. The Balaban J connectivity index is 0.000000128. The Labute approximate surface area is 807 Å². The number of hydrogen-bond acceptors (Lipinski definition) is 26. The molecule has 46 heteroatoms. The predicted molar refractivity (Wildman–Crippen MR) is 511 cm³/mol. The monoisotopic (exact) mass is 1930 g/mol. The first kappa shape index (κ1) is 95.4. The van der Waals surface area contributed by atoms with Crippen LogP contribution >= 0.6 is 0 Å². The number of pyridine rings is 4. The average molecular weight is 1930 g/mol. The largest absolute Gasteiger partial charge is 0.483 e. The fraction of sp³-hybridized carbons (Fsp3) is 0.271. The molecular weight excluding hydrogens is 1830 g/mol. The van der Waals surface area contributed by atoms with Crippen molar-refractivity contribution in [2.24, 2.45) is 11.8 Å². The lowest BCUT2D eigenvalue weighted by Gasteiger charge is -2.41. The van der Waals surface area contributed by atoms with Crippen molar-refractivity contribution in [3.63, 3.8) is 0 Å². The van der Waals surface area contributed by atoms with Gasteiger partial charge in [0.2, 0.25) is 11.8 Å². The molecule has 6 aliphatic rings. The molecule has 16 aromatic heterocycles. The van der Waals surface area contributed by atoms with Crippen molar-refractivity contribution < 1.29 is 75.8 Å². The summed E-state index contributed by atoms with van der Waals surface area (Å²) < 4.78 is 30.0. The summed E-state index contributed by atoms with van der Waals surface area (Å²) in [5.41, 5.74) is 9.90. The van der Waals surface area contributed by atoms with Gasteiger partial charge in [-0.3, -0.25) is 97.4 Å². The van der Waals surface area contributed by atoms with Gasteiger partial charge in [0.05, 0.1) is 117 Å². The number of likely N-dealkylation sites (tertiary alicyclic amines) is 6. The number of hydrogen-bond donors (Lipinski definition) is 10. The number of carbonyl (C=O) groups excluding carboxylic acids is 8. The van der Waals surface area contributed by atoms with Gasteiger partial charge in [-0.05, 0) is 123 Å². The number of H-pyrrole nitrogens is 4. The highest BCUT2D eigenvalue weighted by molar-refractivity contribution is 6.07. The van der Waals surface area contributed by atoms with E-state index in [1.807, 2.05) is 139 Å². The SMILES string of the molecule is CC(C)C(=O)N1CC(n2cc(NC(=O)c3ccc(-c4cn[nH]c4)o3)c(-c3ccccn3)n2)C1.CC(C)C(=O)N1CC(n2cc(NC(=O)c3ccc(-c4cn[nH]c4)o3)c(-c3ccccn3)n2)C1.O=C(Nc1cn(C2CN(C(=O)N3CCCC3)C2)nc1-c1ccccn1)c1ccc(-c2cn[nH]c2)o1.O=C(Nc1cn(C2CN(C(=O)N3CCCC3)C2)nc1-c1ccccn1)c1ccc(-c2cn[nH]c2)o1.O=CO.O=CO. The van der Waals surface area contributed by atoms with Gasteiger partial charge < -0.3 is 78.5 Å². The standard InChI is InChI=1S/2C24H24N8O3.2C23H23N7O3.2CH2O2/c2*33-23(21-7-6-20(35-21)16-11-26-27-12-16)28-19-15-32(29-22(19)18-5-1-2-8-25-18)17-13-31(14-17)24(34)30-9-3-4-10-30;2*1-14(2)23(32)29-11-16(12-29)30-13-18(21(28-30)17-5-3-4-8-24-17)27-22(31)20-7-6-19(33-20)15-9-25-26-10-15;2*2-1-3/h2*1-2,5-8,11-12,15,17H,3-4,9-10,13-14H2,(H,26,27)(H,28,33);2*3-10,13-14,16H,11-12H2,1-2H3,(H,25,26)(H,27,31);2*1H,(H,2,3). The minimum absolute atomic E-state index is 0.0333. The fourth-order valence-electron chi connectivity index (χ4n) is 16.3. The second-order valence-electron chi connectivity index (χ2n) is 34.2. The van der Waals surface area contributed by atoms with Crippen LogP contribution in [0.4, 0.5) is 32.3 Å². The Bertz CT molecular complexity index is 6550. The summed E-state index contributed by atoms with van der Waals surface area (Å²) in [5.74, 6) is 1.45. The van der Waals surface area contributed by atoms with Crippen molar-refractivity contribution in [1.29, 1.82) is 0 Å². The maximum absolute atomic E-state index is 13.0. The maximum Gasteiger partial charge on any atom is 0.320 e. The summed E-state index contributed by atoms with van der Waals surface area (Å²) in [6, 6.07) is 35.8. The number of urea groups is 2. The van der Waals surface area contributed by atoms with Crippen molar-refractivity contribution in [3.8, 4) is 90.8 Å². The summed E-state index contributed by atoms with van der Waals surface area (Å²) in [6.45, 7) is 15.0. The van der Waals surface area contributed by atoms with Crippen molar-refractivity contribution in [2.45, 2.75) is 77.5 Å². The molecule has 10 amide bonds. The first-order valence-electron chi connectivity index (χ1n) is 45.6. The molecule has 46 nitrogen and oxygen atoms in total. The van der Waals surface area contributed by atoms with Crippen LogP contribution in [-0.4, -0.2) is 278 Å². The van der Waals surface area contributed by atoms with Crippen LogP contribution < -0.4 is 21.3 Å². The Hall–Kier alpha value is -18.3. The van der Waals surface area contributed by atoms with Gasteiger partial charge in [-0.1, -0.05) is 52.0 Å². The molecule has 142 heavy (non-hydrogen) atoms. The van der Waals surface area contributed by atoms with Gasteiger partial charge in [-0.2, -0.15) is 40.8 Å². The molecule has 0 unspecified atom stereocenters. The number of carboxylic acid groups (broad SMARTS) is 2. The van der Waals surface area contributed by atoms with Gasteiger partial charge in [-0.25, -0.2) is 9.59 Å². The van der Waals surface area contributed by atoms with Crippen LogP contribution in [0.25, 0.3) is 90.8 Å². The van der Waals surface area contributed by atoms with Crippen LogP contribution in [0.3, 0.4) is 0 Å². The lowest BCUT2D eigenvalue weighted by molar-refractivity contribution is -0.141. The van der Waals surface area contributed by atoms with Crippen LogP contribution in [0, 0.1) is 11.8 Å². The van der Waals surface area contributed by atoms with Crippen molar-refractivity contribution >= 4 is 83.2 Å². The van der Waals surface area contributed by atoms with E-state index in [0.717, 1.165) is 74.1 Å². The zero-order valence-corrected chi connectivity index (χ0v) is 77.2. The summed E-state index contributed by atoms with van der Waals surface area (Å²) >= 11 is 0. The van der Waals surface area contributed by atoms with Crippen LogP contribution in [0.5, 0.6) is 0 Å². The Morgan fingerprint density at radius 3 is 0.775 bits per heavy atom. The molecule has 10 N–H and O–H groups in total. The van der Waals surface area contributed by atoms with E-state index in [0.29, 0.717) is 144 Å². The fourth-order valence-corrected chi connectivity index (χ4v) is 16.3. The number of carbonyl (C=O) groups is 10. The number of aromatic nitrogens is 20. The summed E-state index contributed by atoms with van der Waals surface area (Å²) in [4.78, 5) is 147. The summed E-state index contributed by atoms with van der Waals surface area (Å²) in [6.07, 6.45) is 31.4. The highest BCUT2D eigenvalue weighted by atomic mass is 16.4. The Kier molecular flexibility index (Phi) is 29.4. The number of anilines is 4. The molecule has 6 fully saturated rings. The van der Waals surface area contributed by atoms with E-state index < -0.39 is 23.6 Å². The van der Waals surface area contributed by atoms with E-state index in [2.05, 4.69) is 82.0 Å². The van der Waals surface area contributed by atoms with Gasteiger partial charge in [0.15, 0.2) is 23.0 Å². The van der Waals surface area contributed by atoms with Gasteiger partial charge in [0, 0.05) is 165 Å². The predicted octanol–water partition coefficient (Wildman–Crippen LogP) is 12.3. The Morgan fingerprint density at radius 2 is 0.570 bits per heavy atom. The summed E-state index contributed by atoms with van der Waals surface area (Å²) in [5, 5.41) is 70.8. The quantitative estimate of drug-likeness (QED) is 0.0282. The smallest absolute Gasteiger partial charge is 0.320 e. The molecular formula is C96H98N30O16. The average Bonchev–Trinajstić information content (AvgIpc) is 1.63. The molecule has 0 saturated carbocycles. The molecule has 0 aromatic carbocycles. The summed E-state index contributed by atoms with van der Waals surface area (Å²) in [7, 11) is 0. The van der Waals surface area contributed by atoms with E-state index in [9.17, 15) is 38.4 Å². The number of furan rings is 4. The van der Waals surface area contributed by atoms with Crippen molar-refractivity contribution in [1.82, 2.24) is 129 Å². The van der Waals surface area contributed by atoms with Gasteiger partial charge in [0.25, 0.3) is 36.6 Å². The molecule has 22 heterocycles. The van der Waals surface area contributed by atoms with Gasteiger partial charge >= 0.3 is 12.1 Å². The molecule has 6 saturated heterocycles. The van der Waals surface area contributed by atoms with E-state index >= 15 is 0 Å². The topological polar surface area (TPSA) is 569 Å². The highest BCUT2D eigenvalue weighted by Crippen LogP contribution is 2.38. The minimum atomic E-state index is -0.397. The third kappa shape index (κ3) is 22.0. The van der Waals surface area contributed by atoms with E-state index in [4.69, 9.17) is 57.9 Å². The zero-order valence-electron chi connectivity index (χ0n) is 77.2. The molecule has 0 aliphatic carbocycles. The van der Waals surface area contributed by atoms with Gasteiger partial charge in [-0.15, -0.1) is 0 Å². The molecule has 6 aliphatic heterocycles. The molecule has 0 atom stereocenters. The Morgan fingerprint density at radius 1 is 0.338 bits per heavy atom. The minimum Gasteiger partial charge on any atom is -0.483 e. The third-order valence-corrected chi connectivity index (χ3v) is 23.9. The number of aromatic amines is 4. The normalized spacial score (nSPS) is 14.4. The number of rotatable bonds is 22. The zero-order chi connectivity index (χ0) is 98.9. The number of nitrogens with one attached hydrogen (secondary N) is 8. The molecule has 0 spiro atoms. The number of amides is 10. The first-order chi connectivity index (χ1) is 69.1. The van der Waals surface area contributed by atoms with Crippen LogP contribution in [-0.2, 0) is 19.2 Å². The van der Waals surface area contributed by atoms with Crippen LogP contribution in [0.2, 0.25) is 0 Å². The van der Waals surface area contributed by atoms with Crippen molar-refractivity contribution in [2.75, 3.05) is 99.8 Å². The lowest BCUT2D eigenvalue weighted by Crippen LogP contribution is -2.54. The molecule has 0 radical (unpaired) electrons. The van der Waals surface area contributed by atoms with E-state index in [1.54, 1.807) is 157 Å². The number of nitrogens with zero attached hydrogens (tertiary/aromatic N) is 22. The maximum atomic E-state index is 13.0. The highest BCUT2D eigenvalue weighted by Gasteiger charge is 2.41. The van der Waals surface area contributed by atoms with Crippen molar-refractivity contribution in [3.05, 3.63) is 244 Å². The van der Waals surface area contributed by atoms with Gasteiger partial charge in [0.1, 0.15) is 45.8 Å². The van der Waals surface area contributed by atoms with E-state index in [-0.39, 0.29) is 95.9 Å². The van der Waals surface area contributed by atoms with Crippen LogP contribution in [0.15, 0.2) is 238 Å². The lowest BCUT2D eigenvalue weighted by atomic mass is 10.1. The first-order valence-corrected chi connectivity index (χ1v) is 45.6. The molecule has 16 aromatic rings. The third-order valence-electron chi connectivity index (χ3n) is 23.9. The second kappa shape index (κ2) is 43.8. The molecule has 0 bridgehead atoms.